The van der Waals surface area contributed by atoms with Crippen molar-refractivity contribution in [3.63, 3.8) is 0 Å². The van der Waals surface area contributed by atoms with Gasteiger partial charge in [-0.05, 0) is 70.7 Å². The van der Waals surface area contributed by atoms with E-state index < -0.39 is 7.14 Å². The summed E-state index contributed by atoms with van der Waals surface area (Å²) in [4.78, 5) is 0. The summed E-state index contributed by atoms with van der Waals surface area (Å²) in [5.41, 5.74) is 0. The molecule has 9 rings (SSSR count). The van der Waals surface area contributed by atoms with Crippen LogP contribution in [0.1, 0.15) is 0 Å². The van der Waals surface area contributed by atoms with Gasteiger partial charge in [0.2, 0.25) is 0 Å². The van der Waals surface area contributed by atoms with Crippen LogP contribution in [0.2, 0.25) is 0 Å². The first-order valence-electron chi connectivity index (χ1n) is 15.0. The van der Waals surface area contributed by atoms with Gasteiger partial charge >= 0.3 is 0 Å². The maximum absolute atomic E-state index is 16.0. The molecule has 1 nitrogen and oxygen atoms in total. The van der Waals surface area contributed by atoms with Crippen LogP contribution in [0, 0.1) is 0 Å². The zero-order chi connectivity index (χ0) is 29.3. The van der Waals surface area contributed by atoms with E-state index in [2.05, 4.69) is 103 Å². The Balaban J connectivity index is 1.60. The Morgan fingerprint density at radius 3 is 1.32 bits per heavy atom. The van der Waals surface area contributed by atoms with E-state index in [9.17, 15) is 0 Å². The van der Waals surface area contributed by atoms with Crippen molar-refractivity contribution in [3.8, 4) is 0 Å². The maximum atomic E-state index is 16.0. The number of hydrogen-bond donors (Lipinski definition) is 0. The summed E-state index contributed by atoms with van der Waals surface area (Å²) in [7, 11) is -3.27. The summed E-state index contributed by atoms with van der Waals surface area (Å²) in [6.45, 7) is 0. The number of benzene rings is 9. The van der Waals surface area contributed by atoms with Crippen molar-refractivity contribution in [1.29, 1.82) is 0 Å². The molecule has 206 valence electrons. The fraction of sp³-hybridized carbons (Fsp3) is 0. The van der Waals surface area contributed by atoms with Gasteiger partial charge in [-0.2, -0.15) is 0 Å². The van der Waals surface area contributed by atoms with Crippen LogP contribution in [0.3, 0.4) is 0 Å². The van der Waals surface area contributed by atoms with Gasteiger partial charge in [0, 0.05) is 15.9 Å². The van der Waals surface area contributed by atoms with Crippen molar-refractivity contribution in [2.45, 2.75) is 0 Å². The molecule has 9 aromatic carbocycles. The Labute approximate surface area is 255 Å². The third-order valence-corrected chi connectivity index (χ3v) is 12.3. The molecule has 0 N–H and O–H groups in total. The van der Waals surface area contributed by atoms with Crippen molar-refractivity contribution >= 4 is 87.7 Å². The van der Waals surface area contributed by atoms with Gasteiger partial charge in [0.05, 0.1) is 0 Å². The second-order valence-corrected chi connectivity index (χ2v) is 14.3. The van der Waals surface area contributed by atoms with Crippen LogP contribution in [-0.2, 0) is 4.57 Å². The van der Waals surface area contributed by atoms with E-state index in [0.29, 0.717) is 0 Å². The monoisotopic (exact) mass is 578 g/mol. The Kier molecular flexibility index (Phi) is 5.54. The molecule has 2 heteroatoms. The minimum Gasteiger partial charge on any atom is -0.309 e. The van der Waals surface area contributed by atoms with Crippen molar-refractivity contribution < 1.29 is 4.57 Å². The van der Waals surface area contributed by atoms with E-state index in [1.54, 1.807) is 0 Å². The van der Waals surface area contributed by atoms with Crippen LogP contribution in [0.4, 0.5) is 0 Å². The molecule has 0 aliphatic heterocycles. The topological polar surface area (TPSA) is 17.1 Å². The van der Waals surface area contributed by atoms with E-state index in [1.807, 2.05) is 60.7 Å². The molecule has 0 aliphatic rings. The molecule has 0 radical (unpaired) electrons. The number of rotatable bonds is 3. The van der Waals surface area contributed by atoms with Crippen molar-refractivity contribution in [3.05, 3.63) is 164 Å². The van der Waals surface area contributed by atoms with E-state index in [1.165, 1.54) is 53.9 Å². The number of fused-ring (bicyclic) bond motifs is 11. The first-order chi connectivity index (χ1) is 21.7. The molecule has 0 fully saturated rings. The van der Waals surface area contributed by atoms with Crippen molar-refractivity contribution in [1.82, 2.24) is 0 Å². The molecular weight excluding hydrogens is 551 g/mol. The molecule has 0 saturated heterocycles. The predicted octanol–water partition coefficient (Wildman–Crippen LogP) is 10.2. The third-order valence-electron chi connectivity index (χ3n) is 9.25. The zero-order valence-corrected chi connectivity index (χ0v) is 24.8. The fourth-order valence-electron chi connectivity index (χ4n) is 7.26. The Morgan fingerprint density at radius 2 is 0.750 bits per heavy atom. The van der Waals surface area contributed by atoms with Gasteiger partial charge < -0.3 is 4.57 Å². The molecular formula is C42H27OP. The molecule has 9 aromatic rings. The summed E-state index contributed by atoms with van der Waals surface area (Å²) in [5.74, 6) is 0. The highest BCUT2D eigenvalue weighted by Gasteiger charge is 2.32. The normalized spacial score (nSPS) is 12.2. The molecule has 0 bridgehead atoms. The lowest BCUT2D eigenvalue weighted by molar-refractivity contribution is 0.592. The van der Waals surface area contributed by atoms with E-state index >= 15 is 4.57 Å². The van der Waals surface area contributed by atoms with E-state index in [0.717, 1.165) is 26.7 Å². The Hall–Kier alpha value is -5.23. The highest BCUT2D eigenvalue weighted by Crippen LogP contribution is 2.48. The molecule has 44 heavy (non-hydrogen) atoms. The molecule has 0 atom stereocenters. The Bertz CT molecular complexity index is 2580. The van der Waals surface area contributed by atoms with Crippen LogP contribution in [0.5, 0.6) is 0 Å². The van der Waals surface area contributed by atoms with Crippen LogP contribution >= 0.6 is 7.14 Å². The lowest BCUT2D eigenvalue weighted by Crippen LogP contribution is -2.25. The molecule has 0 aromatic heterocycles. The standard InChI is InChI=1S/C42H27OP/c43-44(33-13-3-1-4-14-33,34-15-5-2-6-16-34)38-27-32-24-23-30-21-19-28-11-7-9-17-35(28)39(30)41(32)42-37(38)26-25-31-22-20-29-12-8-10-18-36(29)40(31)42/h1-27H. The van der Waals surface area contributed by atoms with Crippen LogP contribution in [0.15, 0.2) is 164 Å². The molecule has 0 spiro atoms. The van der Waals surface area contributed by atoms with E-state index in [4.69, 9.17) is 0 Å². The lowest BCUT2D eigenvalue weighted by Gasteiger charge is -2.24. The first kappa shape index (κ1) is 25.3. The quantitative estimate of drug-likeness (QED) is 0.151. The number of hydrogen-bond acceptors (Lipinski definition) is 1. The van der Waals surface area contributed by atoms with Gasteiger partial charge in [-0.3, -0.25) is 0 Å². The second kappa shape index (κ2) is 9.64. The van der Waals surface area contributed by atoms with Gasteiger partial charge in [-0.25, -0.2) is 0 Å². The lowest BCUT2D eigenvalue weighted by atomic mass is 9.89. The fourth-order valence-corrected chi connectivity index (χ4v) is 10.1. The maximum Gasteiger partial charge on any atom is 0.171 e. The Morgan fingerprint density at radius 1 is 0.318 bits per heavy atom. The van der Waals surface area contributed by atoms with Gasteiger partial charge in [-0.15, -0.1) is 0 Å². The summed E-state index contributed by atoms with van der Waals surface area (Å²) in [5, 5.41) is 16.8. The molecule has 0 aliphatic carbocycles. The zero-order valence-electron chi connectivity index (χ0n) is 23.9. The molecule has 0 heterocycles. The van der Waals surface area contributed by atoms with Crippen LogP contribution in [0.25, 0.3) is 64.6 Å². The smallest absolute Gasteiger partial charge is 0.171 e. The molecule has 0 unspecified atom stereocenters. The molecule has 0 saturated carbocycles. The largest absolute Gasteiger partial charge is 0.309 e. The summed E-state index contributed by atoms with van der Waals surface area (Å²) >= 11 is 0. The van der Waals surface area contributed by atoms with Gasteiger partial charge in [-0.1, -0.05) is 158 Å². The van der Waals surface area contributed by atoms with Gasteiger partial charge in [0.15, 0.2) is 7.14 Å². The summed E-state index contributed by atoms with van der Waals surface area (Å²) in [6.07, 6.45) is 0. The van der Waals surface area contributed by atoms with Crippen LogP contribution in [-0.4, -0.2) is 0 Å². The van der Waals surface area contributed by atoms with Crippen LogP contribution < -0.4 is 15.9 Å². The average Bonchev–Trinajstić information content (AvgIpc) is 3.10. The molecule has 0 amide bonds. The minimum atomic E-state index is -3.27. The summed E-state index contributed by atoms with van der Waals surface area (Å²) < 4.78 is 16.0. The first-order valence-corrected chi connectivity index (χ1v) is 16.8. The van der Waals surface area contributed by atoms with Crippen molar-refractivity contribution in [2.75, 3.05) is 0 Å². The predicted molar refractivity (Wildman–Crippen MR) is 191 cm³/mol. The van der Waals surface area contributed by atoms with Gasteiger partial charge in [0.25, 0.3) is 0 Å². The third kappa shape index (κ3) is 3.57. The highest BCUT2D eigenvalue weighted by atomic mass is 31.2. The minimum absolute atomic E-state index is 0.844. The highest BCUT2D eigenvalue weighted by molar-refractivity contribution is 7.85. The second-order valence-electron chi connectivity index (χ2n) is 11.6. The average molecular weight is 579 g/mol. The van der Waals surface area contributed by atoms with Crippen molar-refractivity contribution in [2.24, 2.45) is 0 Å². The van der Waals surface area contributed by atoms with Gasteiger partial charge in [0.1, 0.15) is 0 Å². The van der Waals surface area contributed by atoms with E-state index in [-0.39, 0.29) is 0 Å². The SMILES string of the molecule is O=P(c1ccccc1)(c1ccccc1)c1cc2ccc3ccc4ccccc4c3c2c2c1ccc1ccc3ccccc3c12. The summed E-state index contributed by atoms with van der Waals surface area (Å²) in [6, 6.07) is 57.3.